The molecule has 0 aromatic heterocycles. The molecule has 0 spiro atoms. The van der Waals surface area contributed by atoms with E-state index in [1.165, 1.54) is 12.1 Å². The normalized spacial score (nSPS) is 13.1. The predicted octanol–water partition coefficient (Wildman–Crippen LogP) is 3.68. The van der Waals surface area contributed by atoms with Gasteiger partial charge in [-0.2, -0.15) is 0 Å². The zero-order valence-corrected chi connectivity index (χ0v) is 13.7. The van der Waals surface area contributed by atoms with Crippen molar-refractivity contribution in [2.24, 2.45) is 5.92 Å². The monoisotopic (exact) mass is 312 g/mol. The summed E-state index contributed by atoms with van der Waals surface area (Å²) >= 11 is 0. The van der Waals surface area contributed by atoms with E-state index >= 15 is 0 Å². The zero-order chi connectivity index (χ0) is 16.0. The van der Waals surface area contributed by atoms with Gasteiger partial charge in [0.05, 0.1) is 16.2 Å². The zero-order valence-electron chi connectivity index (χ0n) is 12.9. The Balaban J connectivity index is 3.06. The van der Waals surface area contributed by atoms with E-state index in [-0.39, 0.29) is 22.1 Å². The molecule has 1 aromatic carbocycles. The highest BCUT2D eigenvalue weighted by Crippen LogP contribution is 2.23. The Kier molecular flexibility index (Phi) is 6.40. The van der Waals surface area contributed by atoms with Crippen molar-refractivity contribution in [2.45, 2.75) is 51.3 Å². The van der Waals surface area contributed by atoms with Crippen LogP contribution in [0.15, 0.2) is 23.1 Å². The van der Waals surface area contributed by atoms with Gasteiger partial charge in [0, 0.05) is 0 Å². The third-order valence-corrected chi connectivity index (χ3v) is 5.79. The molecule has 0 radical (unpaired) electrons. The lowest BCUT2D eigenvalue weighted by atomic mass is 10.0. The van der Waals surface area contributed by atoms with E-state index < -0.39 is 15.8 Å². The lowest BCUT2D eigenvalue weighted by molar-refractivity contribution is 0.0696. The lowest BCUT2D eigenvalue weighted by Gasteiger charge is -2.16. The fourth-order valence-corrected chi connectivity index (χ4v) is 4.43. The first-order valence-corrected chi connectivity index (χ1v) is 9.03. The van der Waals surface area contributed by atoms with Gasteiger partial charge in [-0.05, 0) is 37.0 Å². The third kappa shape index (κ3) is 4.84. The number of carboxylic acid groups (broad SMARTS) is 1. The average Bonchev–Trinajstić information content (AvgIpc) is 2.43. The Morgan fingerprint density at radius 2 is 1.95 bits per heavy atom. The second-order valence-electron chi connectivity index (χ2n) is 5.48. The summed E-state index contributed by atoms with van der Waals surface area (Å²) in [6.07, 6.45) is 3.77. The van der Waals surface area contributed by atoms with Gasteiger partial charge in [0.1, 0.15) is 0 Å². The molecule has 0 aliphatic rings. The maximum atomic E-state index is 12.6. The average molecular weight is 312 g/mol. The fourth-order valence-electron chi connectivity index (χ4n) is 2.37. The Labute approximate surface area is 127 Å². The number of aryl methyl sites for hydroxylation is 1. The van der Waals surface area contributed by atoms with E-state index in [0.29, 0.717) is 5.56 Å². The lowest BCUT2D eigenvalue weighted by Crippen LogP contribution is -2.17. The number of hydrogen-bond acceptors (Lipinski definition) is 3. The van der Waals surface area contributed by atoms with Crippen molar-refractivity contribution in [3.05, 3.63) is 29.3 Å². The molecule has 0 bridgehead atoms. The quantitative estimate of drug-likeness (QED) is 0.794. The molecule has 1 aromatic rings. The van der Waals surface area contributed by atoms with Crippen LogP contribution in [-0.4, -0.2) is 25.2 Å². The minimum Gasteiger partial charge on any atom is -0.478 e. The highest BCUT2D eigenvalue weighted by Gasteiger charge is 2.23. The van der Waals surface area contributed by atoms with Gasteiger partial charge in [-0.1, -0.05) is 39.2 Å². The van der Waals surface area contributed by atoms with E-state index in [1.54, 1.807) is 13.0 Å². The molecule has 0 heterocycles. The van der Waals surface area contributed by atoms with Crippen molar-refractivity contribution in [3.8, 4) is 0 Å². The molecule has 21 heavy (non-hydrogen) atoms. The van der Waals surface area contributed by atoms with Crippen LogP contribution in [0, 0.1) is 12.8 Å². The number of benzene rings is 1. The summed E-state index contributed by atoms with van der Waals surface area (Å²) in [6.45, 7) is 5.78. The first kappa shape index (κ1) is 17.7. The van der Waals surface area contributed by atoms with Crippen LogP contribution >= 0.6 is 0 Å². The predicted molar refractivity (Wildman–Crippen MR) is 83.5 cm³/mol. The number of carbonyl (C=O) groups is 1. The Bertz CT molecular complexity index is 590. The molecule has 0 fully saturated rings. The minimum atomic E-state index is -3.45. The fraction of sp³-hybridized carbons (Fsp3) is 0.562. The minimum absolute atomic E-state index is 0.0146. The second-order valence-corrected chi connectivity index (χ2v) is 7.49. The smallest absolute Gasteiger partial charge is 0.335 e. The van der Waals surface area contributed by atoms with Crippen LogP contribution in [0.3, 0.4) is 0 Å². The maximum Gasteiger partial charge on any atom is 0.335 e. The Morgan fingerprint density at radius 3 is 2.48 bits per heavy atom. The van der Waals surface area contributed by atoms with Crippen LogP contribution in [0.25, 0.3) is 0 Å². The van der Waals surface area contributed by atoms with Gasteiger partial charge in [-0.15, -0.1) is 0 Å². The molecule has 4 nitrogen and oxygen atoms in total. The van der Waals surface area contributed by atoms with Crippen LogP contribution in [0.2, 0.25) is 0 Å². The standard InChI is InChI=1S/C16H24O4S/c1-4-6-7-13(5-2)11-21(19,20)15-10-14(16(17)18)9-8-12(15)3/h8-10,13H,4-7,11H2,1-3H3,(H,17,18). The molecule has 0 amide bonds. The molecule has 1 unspecified atom stereocenters. The molecule has 118 valence electrons. The van der Waals surface area contributed by atoms with E-state index in [4.69, 9.17) is 5.11 Å². The van der Waals surface area contributed by atoms with Crippen LogP contribution in [0.4, 0.5) is 0 Å². The number of carboxylic acids is 1. The Hall–Kier alpha value is -1.36. The van der Waals surface area contributed by atoms with Gasteiger partial charge >= 0.3 is 5.97 Å². The number of rotatable bonds is 8. The van der Waals surface area contributed by atoms with Crippen LogP contribution in [0.1, 0.15) is 55.5 Å². The van der Waals surface area contributed by atoms with Crippen molar-refractivity contribution in [3.63, 3.8) is 0 Å². The summed E-state index contributed by atoms with van der Waals surface area (Å²) in [4.78, 5) is 11.2. The summed E-state index contributed by atoms with van der Waals surface area (Å²) in [5.74, 6) is -0.889. The highest BCUT2D eigenvalue weighted by atomic mass is 32.2. The highest BCUT2D eigenvalue weighted by molar-refractivity contribution is 7.91. The number of sulfone groups is 1. The topological polar surface area (TPSA) is 71.4 Å². The summed E-state index contributed by atoms with van der Waals surface area (Å²) < 4.78 is 25.1. The molecule has 1 N–H and O–H groups in total. The van der Waals surface area contributed by atoms with Gasteiger partial charge in [0.2, 0.25) is 0 Å². The van der Waals surface area contributed by atoms with E-state index in [9.17, 15) is 13.2 Å². The summed E-state index contributed by atoms with van der Waals surface area (Å²) in [5, 5.41) is 9.02. The van der Waals surface area contributed by atoms with Crippen LogP contribution < -0.4 is 0 Å². The number of aromatic carboxylic acids is 1. The van der Waals surface area contributed by atoms with Crippen molar-refractivity contribution in [1.82, 2.24) is 0 Å². The molecule has 1 atom stereocenters. The molecule has 0 saturated carbocycles. The molecule has 0 aliphatic carbocycles. The van der Waals surface area contributed by atoms with Crippen molar-refractivity contribution in [1.29, 1.82) is 0 Å². The Morgan fingerprint density at radius 1 is 1.29 bits per heavy atom. The van der Waals surface area contributed by atoms with E-state index in [2.05, 4.69) is 6.92 Å². The number of unbranched alkanes of at least 4 members (excludes halogenated alkanes) is 1. The van der Waals surface area contributed by atoms with Gasteiger partial charge < -0.3 is 5.11 Å². The van der Waals surface area contributed by atoms with E-state index in [0.717, 1.165) is 25.7 Å². The van der Waals surface area contributed by atoms with Gasteiger partial charge in [-0.3, -0.25) is 0 Å². The molecule has 5 heteroatoms. The second kappa shape index (κ2) is 7.59. The first-order chi connectivity index (χ1) is 9.81. The van der Waals surface area contributed by atoms with Crippen molar-refractivity contribution in [2.75, 3.05) is 5.75 Å². The van der Waals surface area contributed by atoms with E-state index in [1.807, 2.05) is 6.92 Å². The first-order valence-electron chi connectivity index (χ1n) is 7.38. The molecule has 0 aliphatic heterocycles. The van der Waals surface area contributed by atoms with Crippen LogP contribution in [-0.2, 0) is 9.84 Å². The summed E-state index contributed by atoms with van der Waals surface area (Å²) in [7, 11) is -3.45. The number of hydrogen-bond donors (Lipinski definition) is 1. The summed E-state index contributed by atoms with van der Waals surface area (Å²) in [5.41, 5.74) is 0.617. The molecular weight excluding hydrogens is 288 g/mol. The van der Waals surface area contributed by atoms with Gasteiger partial charge in [0.15, 0.2) is 9.84 Å². The van der Waals surface area contributed by atoms with Gasteiger partial charge in [-0.25, -0.2) is 13.2 Å². The molecule has 1 rings (SSSR count). The summed E-state index contributed by atoms with van der Waals surface area (Å²) in [6, 6.07) is 4.27. The molecule has 0 saturated heterocycles. The SMILES string of the molecule is CCCCC(CC)CS(=O)(=O)c1cc(C(=O)O)ccc1C. The molecular formula is C16H24O4S. The third-order valence-electron chi connectivity index (χ3n) is 3.77. The van der Waals surface area contributed by atoms with Gasteiger partial charge in [0.25, 0.3) is 0 Å². The van der Waals surface area contributed by atoms with Crippen molar-refractivity contribution >= 4 is 15.8 Å². The maximum absolute atomic E-state index is 12.6. The van der Waals surface area contributed by atoms with Crippen LogP contribution in [0.5, 0.6) is 0 Å². The van der Waals surface area contributed by atoms with Crippen molar-refractivity contribution < 1.29 is 18.3 Å². The largest absolute Gasteiger partial charge is 0.478 e.